The first-order chi connectivity index (χ1) is 19.9. The van der Waals surface area contributed by atoms with Gasteiger partial charge in [-0.2, -0.15) is 10.1 Å². The number of morpholine rings is 1. The molecule has 1 aliphatic carbocycles. The highest BCUT2D eigenvalue weighted by atomic mass is 19.1. The lowest BCUT2D eigenvalue weighted by Crippen LogP contribution is -2.36. The molecule has 0 radical (unpaired) electrons. The number of pyridine rings is 2. The zero-order valence-electron chi connectivity index (χ0n) is 22.7. The molecule has 1 atom stereocenters. The number of rotatable bonds is 8. The first-order valence-corrected chi connectivity index (χ1v) is 13.8. The maximum atomic E-state index is 13.5. The Morgan fingerprint density at radius 3 is 2.54 bits per heavy atom. The Bertz CT molecular complexity index is 1520. The van der Waals surface area contributed by atoms with Gasteiger partial charge >= 0.3 is 0 Å². The summed E-state index contributed by atoms with van der Waals surface area (Å²) >= 11 is 0. The summed E-state index contributed by atoms with van der Waals surface area (Å²) in [5, 5.41) is 15.9. The molecule has 0 N–H and O–H groups in total. The number of hydrogen-bond donors (Lipinski definition) is 0. The summed E-state index contributed by atoms with van der Waals surface area (Å²) in [4.78, 5) is 22.4. The third-order valence-corrected chi connectivity index (χ3v) is 7.69. The molecule has 4 aromatic rings. The maximum Gasteiger partial charge on any atom is 0.269 e. The van der Waals surface area contributed by atoms with Gasteiger partial charge in [-0.3, -0.25) is 19.8 Å². The molecule has 1 saturated heterocycles. The van der Waals surface area contributed by atoms with E-state index in [1.54, 1.807) is 23.0 Å². The summed E-state index contributed by atoms with van der Waals surface area (Å²) in [6.45, 7) is 4.62. The van der Waals surface area contributed by atoms with Gasteiger partial charge in [0.15, 0.2) is 5.82 Å². The van der Waals surface area contributed by atoms with Crippen LogP contribution in [-0.2, 0) is 4.74 Å². The van der Waals surface area contributed by atoms with Crippen molar-refractivity contribution in [3.63, 3.8) is 0 Å². The normalized spacial score (nSPS) is 20.1. The van der Waals surface area contributed by atoms with Crippen LogP contribution in [0.1, 0.15) is 50.3 Å². The minimum Gasteiger partial charge on any atom is -0.484 e. The average molecular weight is 563 g/mol. The zero-order valence-corrected chi connectivity index (χ0v) is 22.7. The molecule has 0 bridgehead atoms. The van der Waals surface area contributed by atoms with Crippen molar-refractivity contribution in [3.8, 4) is 11.6 Å². The minimum atomic E-state index is -0.425. The molecular weight excluding hydrogens is 531 g/mol. The Balaban J connectivity index is 1.24. The van der Waals surface area contributed by atoms with E-state index in [0.29, 0.717) is 24.8 Å². The number of halogens is 1. The number of hydrogen-bond acceptors (Lipinski definition) is 9. The van der Waals surface area contributed by atoms with Gasteiger partial charge in [-0.25, -0.2) is 4.39 Å². The molecule has 1 aliphatic heterocycles. The topological polar surface area (TPSA) is 118 Å². The molecular formula is C29H31FN6O5. The van der Waals surface area contributed by atoms with Gasteiger partial charge in [0.25, 0.3) is 5.69 Å². The van der Waals surface area contributed by atoms with Crippen molar-refractivity contribution in [1.29, 1.82) is 0 Å². The summed E-state index contributed by atoms with van der Waals surface area (Å²) in [6.07, 6.45) is 7.18. The molecule has 0 spiro atoms. The number of non-ortho nitro benzene ring substituents is 1. The minimum absolute atomic E-state index is 0.0306. The van der Waals surface area contributed by atoms with Crippen molar-refractivity contribution < 1.29 is 23.5 Å². The van der Waals surface area contributed by atoms with E-state index in [4.69, 9.17) is 19.2 Å². The van der Waals surface area contributed by atoms with E-state index in [9.17, 15) is 14.5 Å². The van der Waals surface area contributed by atoms with Crippen LogP contribution in [0, 0.1) is 15.9 Å². The maximum absolute atomic E-state index is 13.5. The SMILES string of the molecule is CC(Oc1cnc2cc(N3CCOCC3)nc(O[C@H]3CC[C@@H](n4cc(F)cn4)CC3)c2c1)c1ccc([N+](=O)[O-])cc1. The summed E-state index contributed by atoms with van der Waals surface area (Å²) in [5.74, 6) is 1.50. The molecule has 2 fully saturated rings. The molecule has 2 aliphatic rings. The van der Waals surface area contributed by atoms with Gasteiger partial charge < -0.3 is 19.1 Å². The third-order valence-electron chi connectivity index (χ3n) is 7.69. The largest absolute Gasteiger partial charge is 0.484 e. The van der Waals surface area contributed by atoms with E-state index >= 15 is 0 Å². The van der Waals surface area contributed by atoms with Gasteiger partial charge in [0, 0.05) is 31.3 Å². The van der Waals surface area contributed by atoms with Crippen molar-refractivity contribution in [2.45, 2.75) is 50.9 Å². The lowest BCUT2D eigenvalue weighted by Gasteiger charge is -2.30. The van der Waals surface area contributed by atoms with Crippen LogP contribution in [0.5, 0.6) is 11.6 Å². The van der Waals surface area contributed by atoms with Crippen molar-refractivity contribution in [1.82, 2.24) is 19.7 Å². The second kappa shape index (κ2) is 11.7. The Morgan fingerprint density at radius 1 is 1.10 bits per heavy atom. The van der Waals surface area contributed by atoms with E-state index in [-0.39, 0.29) is 29.8 Å². The fourth-order valence-corrected chi connectivity index (χ4v) is 5.41. The van der Waals surface area contributed by atoms with Gasteiger partial charge in [0.05, 0.1) is 53.7 Å². The number of benzene rings is 1. The van der Waals surface area contributed by atoms with Crippen LogP contribution in [0.25, 0.3) is 10.9 Å². The predicted octanol–water partition coefficient (Wildman–Crippen LogP) is 5.41. The fourth-order valence-electron chi connectivity index (χ4n) is 5.41. The molecule has 1 aromatic carbocycles. The number of ether oxygens (including phenoxy) is 3. The van der Waals surface area contributed by atoms with Crippen LogP contribution < -0.4 is 14.4 Å². The van der Waals surface area contributed by atoms with Crippen LogP contribution >= 0.6 is 0 Å². The van der Waals surface area contributed by atoms with Crippen molar-refractivity contribution in [3.05, 3.63) is 76.5 Å². The van der Waals surface area contributed by atoms with Gasteiger partial charge in [-0.1, -0.05) is 0 Å². The van der Waals surface area contributed by atoms with E-state index in [1.807, 2.05) is 19.1 Å². The van der Waals surface area contributed by atoms with Crippen LogP contribution in [0.15, 0.2) is 55.0 Å². The molecule has 0 amide bonds. The van der Waals surface area contributed by atoms with Crippen LogP contribution in [0.4, 0.5) is 15.9 Å². The summed E-state index contributed by atoms with van der Waals surface area (Å²) in [5.41, 5.74) is 1.58. The number of aromatic nitrogens is 4. The number of nitro groups is 1. The van der Waals surface area contributed by atoms with E-state index < -0.39 is 4.92 Å². The number of nitro benzene ring substituents is 1. The van der Waals surface area contributed by atoms with E-state index in [2.05, 4.69) is 15.0 Å². The highest BCUT2D eigenvalue weighted by Crippen LogP contribution is 2.35. The van der Waals surface area contributed by atoms with E-state index in [1.165, 1.54) is 24.5 Å². The number of anilines is 1. The Morgan fingerprint density at radius 2 is 1.85 bits per heavy atom. The zero-order chi connectivity index (χ0) is 28.3. The van der Waals surface area contributed by atoms with Crippen molar-refractivity contribution in [2.75, 3.05) is 31.2 Å². The lowest BCUT2D eigenvalue weighted by molar-refractivity contribution is -0.384. The monoisotopic (exact) mass is 562 g/mol. The first kappa shape index (κ1) is 26.9. The average Bonchev–Trinajstić information content (AvgIpc) is 3.44. The Hall–Kier alpha value is -4.32. The molecule has 3 aromatic heterocycles. The predicted molar refractivity (Wildman–Crippen MR) is 149 cm³/mol. The Labute approximate surface area is 236 Å². The van der Waals surface area contributed by atoms with Crippen LogP contribution in [0.3, 0.4) is 0 Å². The molecule has 1 unspecified atom stereocenters. The highest BCUT2D eigenvalue weighted by molar-refractivity contribution is 5.87. The number of fused-ring (bicyclic) bond motifs is 1. The van der Waals surface area contributed by atoms with Crippen molar-refractivity contribution >= 4 is 22.4 Å². The van der Waals surface area contributed by atoms with Gasteiger partial charge in [0.2, 0.25) is 5.88 Å². The molecule has 11 nitrogen and oxygen atoms in total. The van der Waals surface area contributed by atoms with Gasteiger partial charge in [-0.05, 0) is 56.4 Å². The fraction of sp³-hybridized carbons (Fsp3) is 0.414. The van der Waals surface area contributed by atoms with E-state index in [0.717, 1.165) is 61.1 Å². The molecule has 6 rings (SSSR count). The molecule has 4 heterocycles. The van der Waals surface area contributed by atoms with Crippen LogP contribution in [-0.4, -0.2) is 57.1 Å². The second-order valence-electron chi connectivity index (χ2n) is 10.4. The smallest absolute Gasteiger partial charge is 0.269 e. The summed E-state index contributed by atoms with van der Waals surface area (Å²) in [7, 11) is 0. The quantitative estimate of drug-likeness (QED) is 0.205. The number of nitrogens with zero attached hydrogens (tertiary/aromatic N) is 6. The molecule has 12 heteroatoms. The molecule has 41 heavy (non-hydrogen) atoms. The lowest BCUT2D eigenvalue weighted by atomic mass is 9.93. The summed E-state index contributed by atoms with van der Waals surface area (Å²) in [6, 6.07) is 10.3. The van der Waals surface area contributed by atoms with Gasteiger partial charge in [0.1, 0.15) is 23.8 Å². The highest BCUT2D eigenvalue weighted by Gasteiger charge is 2.26. The molecule has 1 saturated carbocycles. The van der Waals surface area contributed by atoms with Crippen molar-refractivity contribution in [2.24, 2.45) is 0 Å². The first-order valence-electron chi connectivity index (χ1n) is 13.8. The second-order valence-corrected chi connectivity index (χ2v) is 10.4. The third kappa shape index (κ3) is 6.07. The van der Waals surface area contributed by atoms with Crippen LogP contribution in [0.2, 0.25) is 0 Å². The Kier molecular flexibility index (Phi) is 7.64. The molecule has 214 valence electrons. The summed E-state index contributed by atoms with van der Waals surface area (Å²) < 4.78 is 33.4. The van der Waals surface area contributed by atoms with Gasteiger partial charge in [-0.15, -0.1) is 0 Å². The standard InChI is InChI=1S/C29H31FN6O5/c1-19(20-2-4-23(5-3-20)36(37)38)40-25-14-26-27(31-17-25)15-28(34-10-12-39-13-11-34)33-29(26)41-24-8-6-22(7-9-24)35-18-21(30)16-32-35/h2-5,14-19,22,24H,6-13H2,1H3/t19?,22-,24+.